The molecule has 0 aliphatic heterocycles. The number of rotatable bonds is 4. The fraction of sp³-hybridized carbons (Fsp3) is 0.231. The number of nitrogens with one attached hydrogen (secondary N) is 2. The maximum absolute atomic E-state index is 4.96. The zero-order chi connectivity index (χ0) is 15.7. The minimum Gasteiger partial charge on any atom is -0.741 e. The summed E-state index contributed by atoms with van der Waals surface area (Å²) in [5.41, 5.74) is 2.03. The molecule has 0 aliphatic carbocycles. The van der Waals surface area contributed by atoms with Gasteiger partial charge in [-0.15, -0.1) is 5.10 Å². The first-order valence-electron chi connectivity index (χ1n) is 6.11. The van der Waals surface area contributed by atoms with Crippen LogP contribution in [-0.4, -0.2) is 35.9 Å². The molecule has 121 valence electrons. The van der Waals surface area contributed by atoms with Gasteiger partial charge in [-0.1, -0.05) is 30.3 Å². The Morgan fingerprint density at radius 3 is 1.86 bits per heavy atom. The molecule has 0 amide bonds. The van der Waals surface area contributed by atoms with Gasteiger partial charge in [-0.2, -0.15) is 15.3 Å². The molecule has 0 spiro atoms. The van der Waals surface area contributed by atoms with Gasteiger partial charge in [0.25, 0.3) is 0 Å². The number of nitrogens with zero attached hydrogens (tertiary/aromatic N) is 4. The van der Waals surface area contributed by atoms with Gasteiger partial charge in [-0.3, -0.25) is 0 Å². The second kappa shape index (κ2) is 11.1. The van der Waals surface area contributed by atoms with Crippen LogP contribution in [0, 0.1) is 0 Å². The van der Waals surface area contributed by atoms with Crippen molar-refractivity contribution in [1.82, 2.24) is 10.6 Å². The summed E-state index contributed by atoms with van der Waals surface area (Å²) in [4.78, 5) is 0. The van der Waals surface area contributed by atoms with Crippen LogP contribution in [0.15, 0.2) is 50.7 Å². The Kier molecular flexibility index (Phi) is 10.3. The molecule has 0 heterocycles. The van der Waals surface area contributed by atoms with Crippen LogP contribution >= 0.6 is 0 Å². The summed E-state index contributed by atoms with van der Waals surface area (Å²) in [5, 5.41) is 22.1. The van der Waals surface area contributed by atoms with Crippen LogP contribution in [0.2, 0.25) is 0 Å². The summed E-state index contributed by atoms with van der Waals surface area (Å²) in [6.07, 6.45) is 0. The predicted octanol–water partition coefficient (Wildman–Crippen LogP) is 1.01. The van der Waals surface area contributed by atoms with Crippen molar-refractivity contribution in [2.45, 2.75) is 6.92 Å². The summed E-state index contributed by atoms with van der Waals surface area (Å²) in [5.74, 6) is 0. The SMILES string of the molecule is CNC([S-])=NN=C(C)C(=NN=C([S-])NC)c1ccccc1.[Cu+2]. The molecule has 0 aliphatic rings. The van der Waals surface area contributed by atoms with E-state index in [0.717, 1.165) is 5.56 Å². The van der Waals surface area contributed by atoms with Gasteiger partial charge in [0.1, 0.15) is 5.71 Å². The molecule has 1 radical (unpaired) electrons. The van der Waals surface area contributed by atoms with Gasteiger partial charge in [-0.25, -0.2) is 0 Å². The second-order valence-electron chi connectivity index (χ2n) is 3.81. The van der Waals surface area contributed by atoms with Gasteiger partial charge < -0.3 is 35.9 Å². The molecule has 2 N–H and O–H groups in total. The van der Waals surface area contributed by atoms with E-state index in [4.69, 9.17) is 25.3 Å². The molecule has 0 saturated heterocycles. The summed E-state index contributed by atoms with van der Waals surface area (Å²) in [7, 11) is 3.37. The van der Waals surface area contributed by atoms with Gasteiger partial charge in [-0.05, 0) is 17.3 Å². The van der Waals surface area contributed by atoms with E-state index >= 15 is 0 Å². The Labute approximate surface area is 152 Å². The van der Waals surface area contributed by atoms with Crippen LogP contribution in [0.3, 0.4) is 0 Å². The molecular weight excluding hydrogens is 368 g/mol. The predicted molar refractivity (Wildman–Crippen MR) is 93.8 cm³/mol. The van der Waals surface area contributed by atoms with Crippen molar-refractivity contribution >= 4 is 47.0 Å². The smallest absolute Gasteiger partial charge is 0.741 e. The van der Waals surface area contributed by atoms with E-state index in [2.05, 4.69) is 31.0 Å². The van der Waals surface area contributed by atoms with Gasteiger partial charge in [0, 0.05) is 19.7 Å². The molecule has 0 fully saturated rings. The second-order valence-corrected chi connectivity index (χ2v) is 4.58. The summed E-state index contributed by atoms with van der Waals surface area (Å²) < 4.78 is 0. The van der Waals surface area contributed by atoms with E-state index in [9.17, 15) is 0 Å². The Balaban J connectivity index is 0.00000441. The Bertz CT molecular complexity index is 583. The van der Waals surface area contributed by atoms with Crippen LogP contribution in [0.25, 0.3) is 0 Å². The van der Waals surface area contributed by atoms with Gasteiger partial charge >= 0.3 is 17.1 Å². The van der Waals surface area contributed by atoms with Crippen molar-refractivity contribution in [2.75, 3.05) is 14.1 Å². The standard InChI is InChI=1S/C13H18N6S2.Cu/c1-9(16-18-12(20)14-2)11(17-19-13(21)15-3)10-7-5-4-6-8-10;/h4-8H,1-3H3,(H2,14,18,20)(H2,15,19,21);/q;+2/p-2. The fourth-order valence-electron chi connectivity index (χ4n) is 1.30. The van der Waals surface area contributed by atoms with Crippen molar-refractivity contribution in [3.05, 3.63) is 35.9 Å². The van der Waals surface area contributed by atoms with Crippen LogP contribution in [0.5, 0.6) is 0 Å². The van der Waals surface area contributed by atoms with E-state index in [1.807, 2.05) is 30.3 Å². The summed E-state index contributed by atoms with van der Waals surface area (Å²) in [6.45, 7) is 1.78. The Morgan fingerprint density at radius 2 is 1.36 bits per heavy atom. The normalized spacial score (nSPS) is 13.4. The average molecular weight is 384 g/mol. The fourth-order valence-corrected chi connectivity index (χ4v) is 1.38. The maximum Gasteiger partial charge on any atom is 2.00 e. The molecule has 6 nitrogen and oxygen atoms in total. The third-order valence-corrected chi connectivity index (χ3v) is 2.92. The minimum absolute atomic E-state index is 0. The number of amidine groups is 2. The zero-order valence-electron chi connectivity index (χ0n) is 12.3. The average Bonchev–Trinajstić information content (AvgIpc) is 2.53. The number of hydrogen-bond donors (Lipinski definition) is 2. The summed E-state index contributed by atoms with van der Waals surface area (Å²) >= 11 is 9.88. The molecule has 0 unspecified atom stereocenters. The first-order chi connectivity index (χ1) is 10.1. The molecule has 0 bridgehead atoms. The molecule has 0 aromatic heterocycles. The van der Waals surface area contributed by atoms with Crippen LogP contribution in [-0.2, 0) is 42.3 Å². The van der Waals surface area contributed by atoms with Crippen LogP contribution in [0.1, 0.15) is 12.5 Å². The maximum atomic E-state index is 4.96. The zero-order valence-corrected chi connectivity index (χ0v) is 14.9. The molecule has 1 aromatic carbocycles. The third-order valence-electron chi connectivity index (χ3n) is 2.35. The van der Waals surface area contributed by atoms with Crippen molar-refractivity contribution in [2.24, 2.45) is 20.4 Å². The molecule has 9 heteroatoms. The van der Waals surface area contributed by atoms with E-state index in [1.54, 1.807) is 21.0 Å². The van der Waals surface area contributed by atoms with E-state index in [1.165, 1.54) is 0 Å². The Hall–Kier alpha value is -1.54. The monoisotopic (exact) mass is 383 g/mol. The van der Waals surface area contributed by atoms with E-state index < -0.39 is 0 Å². The van der Waals surface area contributed by atoms with Gasteiger partial charge in [0.2, 0.25) is 0 Å². The molecule has 1 aromatic rings. The summed E-state index contributed by atoms with van der Waals surface area (Å²) in [6, 6.07) is 9.55. The third kappa shape index (κ3) is 6.95. The first-order valence-corrected chi connectivity index (χ1v) is 6.93. The quantitative estimate of drug-likeness (QED) is 0.267. The molecule has 0 saturated carbocycles. The van der Waals surface area contributed by atoms with E-state index in [-0.39, 0.29) is 17.1 Å². The molecule has 0 atom stereocenters. The minimum atomic E-state index is 0. The first kappa shape index (κ1) is 20.5. The van der Waals surface area contributed by atoms with Crippen molar-refractivity contribution in [3.63, 3.8) is 0 Å². The molecular formula is C13H16CuN6S2. The van der Waals surface area contributed by atoms with Gasteiger partial charge in [0.05, 0.1) is 5.71 Å². The van der Waals surface area contributed by atoms with Gasteiger partial charge in [0.15, 0.2) is 0 Å². The van der Waals surface area contributed by atoms with Crippen molar-refractivity contribution in [1.29, 1.82) is 0 Å². The van der Waals surface area contributed by atoms with Crippen molar-refractivity contribution in [3.8, 4) is 0 Å². The largest absolute Gasteiger partial charge is 2.00 e. The van der Waals surface area contributed by atoms with Crippen LogP contribution < -0.4 is 10.6 Å². The molecule has 1 rings (SSSR count). The topological polar surface area (TPSA) is 73.5 Å². The Morgan fingerprint density at radius 1 is 0.864 bits per heavy atom. The van der Waals surface area contributed by atoms with E-state index in [0.29, 0.717) is 21.8 Å². The van der Waals surface area contributed by atoms with Crippen LogP contribution in [0.4, 0.5) is 0 Å². The number of hydrogen-bond acceptors (Lipinski definition) is 6. The molecule has 22 heavy (non-hydrogen) atoms. The van der Waals surface area contributed by atoms with Crippen molar-refractivity contribution < 1.29 is 17.1 Å². The number of benzene rings is 1.